The maximum atomic E-state index is 12.5. The third-order valence-corrected chi connectivity index (χ3v) is 4.05. The van der Waals surface area contributed by atoms with Crippen molar-refractivity contribution in [1.82, 2.24) is 0 Å². The van der Waals surface area contributed by atoms with Crippen molar-refractivity contribution in [1.29, 1.82) is 0 Å². The summed E-state index contributed by atoms with van der Waals surface area (Å²) in [6.07, 6.45) is 2.64. The molecule has 1 aromatic rings. The van der Waals surface area contributed by atoms with Gasteiger partial charge in [0.15, 0.2) is 0 Å². The summed E-state index contributed by atoms with van der Waals surface area (Å²) >= 11 is 3.39. The Kier molecular flexibility index (Phi) is 9.30. The Labute approximate surface area is 150 Å². The Balaban J connectivity index is 2.70. The van der Waals surface area contributed by atoms with Crippen LogP contribution < -0.4 is 4.90 Å². The number of alkyl halides is 1. The number of benzene rings is 1. The lowest BCUT2D eigenvalue weighted by atomic mass is 10.1. The van der Waals surface area contributed by atoms with Gasteiger partial charge < -0.3 is 9.64 Å². The Morgan fingerprint density at radius 2 is 2.00 bits per heavy atom. The molecule has 24 heavy (non-hydrogen) atoms. The number of hydrogen-bond acceptors (Lipinski definition) is 3. The Morgan fingerprint density at radius 3 is 2.62 bits per heavy atom. The minimum absolute atomic E-state index is 0.0334. The molecule has 0 N–H and O–H groups in total. The highest BCUT2D eigenvalue weighted by Gasteiger charge is 2.18. The summed E-state index contributed by atoms with van der Waals surface area (Å²) in [5, 5.41) is 0. The zero-order valence-corrected chi connectivity index (χ0v) is 15.5. The highest BCUT2D eigenvalue weighted by Crippen LogP contribution is 2.22. The lowest BCUT2D eigenvalue weighted by Gasteiger charge is -2.24. The Bertz CT molecular complexity index is 577. The normalized spacial score (nSPS) is 10.3. The molecule has 0 saturated heterocycles. The quantitative estimate of drug-likeness (QED) is 0.332. The summed E-state index contributed by atoms with van der Waals surface area (Å²) in [4.78, 5) is 25.2. The molecule has 4 nitrogen and oxygen atoms in total. The molecular formula is C18H23BrFNO3. The van der Waals surface area contributed by atoms with Gasteiger partial charge in [0.2, 0.25) is 0 Å². The van der Waals surface area contributed by atoms with Gasteiger partial charge in [0.1, 0.15) is 0 Å². The average molecular weight is 400 g/mol. The van der Waals surface area contributed by atoms with E-state index >= 15 is 0 Å². The van der Waals surface area contributed by atoms with Crippen LogP contribution in [0.25, 0.3) is 0 Å². The molecule has 0 bridgehead atoms. The van der Waals surface area contributed by atoms with Gasteiger partial charge in [-0.2, -0.15) is 0 Å². The zero-order valence-electron chi connectivity index (χ0n) is 13.9. The number of ether oxygens (including phenoxy) is 1. The maximum Gasteiger partial charge on any atom is 0.305 e. The number of carbonyl (C=O) groups is 2. The van der Waals surface area contributed by atoms with Crippen molar-refractivity contribution in [3.8, 4) is 0 Å². The first kappa shape index (κ1) is 20.4. The van der Waals surface area contributed by atoms with Crippen LogP contribution in [0.2, 0.25) is 0 Å². The third-order valence-electron chi connectivity index (χ3n) is 3.55. The fourth-order valence-electron chi connectivity index (χ4n) is 2.22. The van der Waals surface area contributed by atoms with Crippen LogP contribution in [0, 0.1) is 0 Å². The monoisotopic (exact) mass is 399 g/mol. The Hall–Kier alpha value is -1.69. The molecule has 0 saturated carbocycles. The second-order valence-electron chi connectivity index (χ2n) is 5.37. The van der Waals surface area contributed by atoms with Crippen LogP contribution in [-0.2, 0) is 14.3 Å². The second kappa shape index (κ2) is 11.0. The minimum Gasteiger partial charge on any atom is -0.469 e. The van der Waals surface area contributed by atoms with Gasteiger partial charge in [-0.15, -0.1) is 0 Å². The second-order valence-corrected chi connectivity index (χ2v) is 6.28. The maximum absolute atomic E-state index is 12.5. The molecule has 1 aromatic carbocycles. The fourth-order valence-corrected chi connectivity index (χ4v) is 2.61. The van der Waals surface area contributed by atoms with E-state index < -0.39 is 6.67 Å². The number of rotatable bonds is 10. The van der Waals surface area contributed by atoms with E-state index in [2.05, 4.69) is 27.2 Å². The molecule has 0 atom stereocenters. The van der Waals surface area contributed by atoms with Crippen LogP contribution in [0.1, 0.15) is 32.1 Å². The van der Waals surface area contributed by atoms with E-state index in [-0.39, 0.29) is 23.9 Å². The van der Waals surface area contributed by atoms with Crippen molar-refractivity contribution >= 4 is 33.5 Å². The summed E-state index contributed by atoms with van der Waals surface area (Å²) in [5.74, 6) is -0.495. The van der Waals surface area contributed by atoms with Crippen molar-refractivity contribution in [3.63, 3.8) is 0 Å². The fraction of sp³-hybridized carbons (Fsp3) is 0.444. The first-order valence-electron chi connectivity index (χ1n) is 7.87. The number of anilines is 1. The van der Waals surface area contributed by atoms with E-state index in [0.29, 0.717) is 19.4 Å². The number of amides is 1. The largest absolute Gasteiger partial charge is 0.469 e. The van der Waals surface area contributed by atoms with Crippen molar-refractivity contribution in [2.24, 2.45) is 0 Å². The lowest BCUT2D eigenvalue weighted by molar-refractivity contribution is -0.140. The standard InChI is InChI=1S/C18H23BrFNO3/c1-14(10-11-20)18(23)21(16-8-6-7-15(19)13-16)12-5-3-4-9-17(22)24-2/h6-8,13H,1,3-5,9-12H2,2H3. The molecule has 0 aromatic heterocycles. The van der Waals surface area contributed by atoms with E-state index in [4.69, 9.17) is 0 Å². The molecule has 0 spiro atoms. The van der Waals surface area contributed by atoms with E-state index in [1.165, 1.54) is 7.11 Å². The summed E-state index contributed by atoms with van der Waals surface area (Å²) in [7, 11) is 1.37. The van der Waals surface area contributed by atoms with E-state index in [1.807, 2.05) is 24.3 Å². The van der Waals surface area contributed by atoms with Crippen LogP contribution in [0.4, 0.5) is 10.1 Å². The van der Waals surface area contributed by atoms with E-state index in [9.17, 15) is 14.0 Å². The van der Waals surface area contributed by atoms with Gasteiger partial charge >= 0.3 is 5.97 Å². The van der Waals surface area contributed by atoms with Crippen LogP contribution in [0.15, 0.2) is 40.9 Å². The van der Waals surface area contributed by atoms with Gasteiger partial charge in [-0.25, -0.2) is 0 Å². The first-order chi connectivity index (χ1) is 11.5. The number of halogens is 2. The predicted octanol–water partition coefficient (Wildman–Crippen LogP) is 4.43. The molecule has 132 valence electrons. The van der Waals surface area contributed by atoms with Crippen LogP contribution in [-0.4, -0.2) is 32.2 Å². The smallest absolute Gasteiger partial charge is 0.305 e. The molecule has 0 aliphatic rings. The highest BCUT2D eigenvalue weighted by atomic mass is 79.9. The number of esters is 1. The molecule has 0 fully saturated rings. The third kappa shape index (κ3) is 6.83. The summed E-state index contributed by atoms with van der Waals surface area (Å²) in [5.41, 5.74) is 0.995. The number of methoxy groups -OCH3 is 1. The van der Waals surface area contributed by atoms with Gasteiger partial charge in [-0.3, -0.25) is 14.0 Å². The van der Waals surface area contributed by atoms with Gasteiger partial charge in [-0.1, -0.05) is 35.0 Å². The van der Waals surface area contributed by atoms with E-state index in [0.717, 1.165) is 23.0 Å². The van der Waals surface area contributed by atoms with Crippen molar-refractivity contribution in [2.45, 2.75) is 32.1 Å². The first-order valence-corrected chi connectivity index (χ1v) is 8.67. The molecule has 1 rings (SSSR count). The van der Waals surface area contributed by atoms with Crippen LogP contribution in [0.3, 0.4) is 0 Å². The van der Waals surface area contributed by atoms with Crippen molar-refractivity contribution in [2.75, 3.05) is 25.2 Å². The average Bonchev–Trinajstić information content (AvgIpc) is 2.57. The topological polar surface area (TPSA) is 46.6 Å². The lowest BCUT2D eigenvalue weighted by Crippen LogP contribution is -2.33. The highest BCUT2D eigenvalue weighted by molar-refractivity contribution is 9.10. The van der Waals surface area contributed by atoms with Gasteiger partial charge in [0, 0.05) is 35.1 Å². The van der Waals surface area contributed by atoms with Crippen LogP contribution >= 0.6 is 15.9 Å². The summed E-state index contributed by atoms with van der Waals surface area (Å²) in [6, 6.07) is 7.39. The molecule has 6 heteroatoms. The number of hydrogen-bond donors (Lipinski definition) is 0. The zero-order chi connectivity index (χ0) is 17.9. The Morgan fingerprint density at radius 1 is 1.25 bits per heavy atom. The van der Waals surface area contributed by atoms with Gasteiger partial charge in [0.25, 0.3) is 5.91 Å². The van der Waals surface area contributed by atoms with Gasteiger partial charge in [-0.05, 0) is 31.0 Å². The van der Waals surface area contributed by atoms with E-state index in [1.54, 1.807) is 4.90 Å². The molecule has 1 amide bonds. The number of carbonyl (C=O) groups excluding carboxylic acids is 2. The SMILES string of the molecule is C=C(CCF)C(=O)N(CCCCCC(=O)OC)c1cccc(Br)c1. The molecule has 0 aliphatic carbocycles. The van der Waals surface area contributed by atoms with Gasteiger partial charge in [0.05, 0.1) is 13.8 Å². The minimum atomic E-state index is -0.601. The van der Waals surface area contributed by atoms with Crippen molar-refractivity contribution in [3.05, 3.63) is 40.9 Å². The molecule has 0 unspecified atom stereocenters. The number of unbranched alkanes of at least 4 members (excludes halogenated alkanes) is 2. The van der Waals surface area contributed by atoms with Crippen molar-refractivity contribution < 1.29 is 18.7 Å². The summed E-state index contributed by atoms with van der Waals surface area (Å²) in [6.45, 7) is 3.57. The van der Waals surface area contributed by atoms with Crippen LogP contribution in [0.5, 0.6) is 0 Å². The molecular weight excluding hydrogens is 377 g/mol. The molecule has 0 aliphatic heterocycles. The predicted molar refractivity (Wildman–Crippen MR) is 96.7 cm³/mol. The number of nitrogens with zero attached hydrogens (tertiary/aromatic N) is 1. The molecule has 0 heterocycles. The summed E-state index contributed by atoms with van der Waals surface area (Å²) < 4.78 is 18.0. The molecule has 0 radical (unpaired) electrons.